The lowest BCUT2D eigenvalue weighted by Crippen LogP contribution is -2.12. The molecule has 0 unspecified atom stereocenters. The average molecular weight is 297 g/mol. The van der Waals surface area contributed by atoms with Crippen LogP contribution in [0.25, 0.3) is 0 Å². The second kappa shape index (κ2) is 7.64. The van der Waals surface area contributed by atoms with Crippen molar-refractivity contribution in [3.63, 3.8) is 0 Å². The fourth-order valence-corrected chi connectivity index (χ4v) is 2.33. The second-order valence-electron chi connectivity index (χ2n) is 5.64. The Morgan fingerprint density at radius 2 is 1.77 bits per heavy atom. The van der Waals surface area contributed by atoms with E-state index in [4.69, 9.17) is 4.74 Å². The lowest BCUT2D eigenvalue weighted by Gasteiger charge is -2.10. The quantitative estimate of drug-likeness (QED) is 0.858. The van der Waals surface area contributed by atoms with Crippen molar-refractivity contribution in [1.82, 2.24) is 0 Å². The third kappa shape index (κ3) is 4.35. The highest BCUT2D eigenvalue weighted by Gasteiger charge is 2.07. The Morgan fingerprint density at radius 1 is 1.09 bits per heavy atom. The Morgan fingerprint density at radius 3 is 2.41 bits per heavy atom. The van der Waals surface area contributed by atoms with E-state index in [1.54, 1.807) is 7.11 Å². The first-order chi connectivity index (χ1) is 10.6. The monoisotopic (exact) mass is 297 g/mol. The van der Waals surface area contributed by atoms with E-state index in [0.29, 0.717) is 18.8 Å². The van der Waals surface area contributed by atoms with E-state index in [9.17, 15) is 4.79 Å². The number of hydrogen-bond acceptors (Lipinski definition) is 2. The van der Waals surface area contributed by atoms with E-state index in [1.807, 2.05) is 36.4 Å². The van der Waals surface area contributed by atoms with Gasteiger partial charge in [-0.05, 0) is 41.7 Å². The molecule has 0 aliphatic rings. The Kier molecular flexibility index (Phi) is 5.59. The van der Waals surface area contributed by atoms with Gasteiger partial charge >= 0.3 is 0 Å². The molecule has 22 heavy (non-hydrogen) atoms. The van der Waals surface area contributed by atoms with Crippen molar-refractivity contribution in [3.05, 3.63) is 59.7 Å². The fraction of sp³-hybridized carbons (Fsp3) is 0.316. The predicted octanol–water partition coefficient (Wildman–Crippen LogP) is 4.39. The van der Waals surface area contributed by atoms with Gasteiger partial charge in [0.05, 0.1) is 7.11 Å². The zero-order valence-electron chi connectivity index (χ0n) is 13.4. The molecule has 1 amide bonds. The molecule has 0 aliphatic carbocycles. The number of rotatable bonds is 6. The highest BCUT2D eigenvalue weighted by molar-refractivity contribution is 5.90. The van der Waals surface area contributed by atoms with Crippen molar-refractivity contribution in [2.45, 2.75) is 32.6 Å². The number of anilines is 1. The molecule has 0 spiro atoms. The van der Waals surface area contributed by atoms with Gasteiger partial charge < -0.3 is 10.1 Å². The highest BCUT2D eigenvalue weighted by atomic mass is 16.5. The first-order valence-electron chi connectivity index (χ1n) is 7.62. The smallest absolute Gasteiger partial charge is 0.224 e. The summed E-state index contributed by atoms with van der Waals surface area (Å²) in [4.78, 5) is 12.1. The van der Waals surface area contributed by atoms with E-state index in [0.717, 1.165) is 17.0 Å². The number of aryl methyl sites for hydroxylation is 1. The van der Waals surface area contributed by atoms with E-state index >= 15 is 0 Å². The maximum absolute atomic E-state index is 12.1. The van der Waals surface area contributed by atoms with Crippen molar-refractivity contribution in [2.75, 3.05) is 12.4 Å². The minimum absolute atomic E-state index is 0.0169. The van der Waals surface area contributed by atoms with Crippen LogP contribution in [-0.4, -0.2) is 13.0 Å². The molecular formula is C19H23NO2. The molecule has 2 aromatic rings. The largest absolute Gasteiger partial charge is 0.496 e. The number of amides is 1. The molecule has 3 nitrogen and oxygen atoms in total. The van der Waals surface area contributed by atoms with Crippen molar-refractivity contribution in [3.8, 4) is 5.75 Å². The summed E-state index contributed by atoms with van der Waals surface area (Å²) in [6, 6.07) is 15.8. The Hall–Kier alpha value is -2.29. The van der Waals surface area contributed by atoms with Crippen molar-refractivity contribution < 1.29 is 9.53 Å². The van der Waals surface area contributed by atoms with Crippen LogP contribution < -0.4 is 10.1 Å². The van der Waals surface area contributed by atoms with Gasteiger partial charge in [-0.2, -0.15) is 0 Å². The fourth-order valence-electron chi connectivity index (χ4n) is 2.33. The average Bonchev–Trinajstić information content (AvgIpc) is 2.53. The Labute approximate surface area is 132 Å². The number of carbonyl (C=O) groups is 1. The zero-order valence-corrected chi connectivity index (χ0v) is 13.4. The third-order valence-corrected chi connectivity index (χ3v) is 3.68. The van der Waals surface area contributed by atoms with Crippen LogP contribution in [0, 0.1) is 0 Å². The van der Waals surface area contributed by atoms with Gasteiger partial charge in [-0.15, -0.1) is 0 Å². The molecule has 0 radical (unpaired) electrons. The normalized spacial score (nSPS) is 10.5. The summed E-state index contributed by atoms with van der Waals surface area (Å²) in [7, 11) is 1.65. The topological polar surface area (TPSA) is 38.3 Å². The first kappa shape index (κ1) is 16.1. The summed E-state index contributed by atoms with van der Waals surface area (Å²) >= 11 is 0. The van der Waals surface area contributed by atoms with E-state index in [1.165, 1.54) is 5.56 Å². The molecule has 0 fully saturated rings. The molecule has 0 saturated carbocycles. The van der Waals surface area contributed by atoms with Gasteiger partial charge in [-0.1, -0.05) is 44.2 Å². The number of hydrogen-bond donors (Lipinski definition) is 1. The number of para-hydroxylation sites is 1. The molecule has 2 rings (SSSR count). The van der Waals surface area contributed by atoms with Crippen LogP contribution in [0.4, 0.5) is 5.69 Å². The minimum atomic E-state index is 0.0169. The van der Waals surface area contributed by atoms with Crippen LogP contribution in [0.5, 0.6) is 5.75 Å². The molecular weight excluding hydrogens is 274 g/mol. The number of nitrogens with one attached hydrogen (secondary N) is 1. The lowest BCUT2D eigenvalue weighted by atomic mass is 10.0. The minimum Gasteiger partial charge on any atom is -0.496 e. The molecule has 0 aliphatic heterocycles. The molecule has 0 aromatic heterocycles. The van der Waals surface area contributed by atoms with Crippen LogP contribution in [0.2, 0.25) is 0 Å². The molecule has 0 bridgehead atoms. The summed E-state index contributed by atoms with van der Waals surface area (Å²) in [5.41, 5.74) is 3.16. The Balaban J connectivity index is 1.90. The van der Waals surface area contributed by atoms with Gasteiger partial charge in [-0.25, -0.2) is 0 Å². The van der Waals surface area contributed by atoms with E-state index in [2.05, 4.69) is 31.3 Å². The molecule has 1 N–H and O–H groups in total. The van der Waals surface area contributed by atoms with Crippen LogP contribution in [0.1, 0.15) is 37.3 Å². The van der Waals surface area contributed by atoms with Gasteiger partial charge in [0.25, 0.3) is 0 Å². The third-order valence-electron chi connectivity index (χ3n) is 3.68. The summed E-state index contributed by atoms with van der Waals surface area (Å²) < 4.78 is 5.30. The van der Waals surface area contributed by atoms with Crippen molar-refractivity contribution >= 4 is 11.6 Å². The predicted molar refractivity (Wildman–Crippen MR) is 90.5 cm³/mol. The highest BCUT2D eigenvalue weighted by Crippen LogP contribution is 2.20. The number of methoxy groups -OCH3 is 1. The summed E-state index contributed by atoms with van der Waals surface area (Å²) in [6.45, 7) is 4.31. The summed E-state index contributed by atoms with van der Waals surface area (Å²) in [5, 5.41) is 2.94. The van der Waals surface area contributed by atoms with Crippen molar-refractivity contribution in [2.24, 2.45) is 0 Å². The lowest BCUT2D eigenvalue weighted by molar-refractivity contribution is -0.116. The van der Waals surface area contributed by atoms with Gasteiger partial charge in [0.15, 0.2) is 0 Å². The van der Waals surface area contributed by atoms with Gasteiger partial charge in [-0.3, -0.25) is 4.79 Å². The summed E-state index contributed by atoms with van der Waals surface area (Å²) in [6.07, 6.45) is 1.10. The van der Waals surface area contributed by atoms with Crippen molar-refractivity contribution in [1.29, 1.82) is 0 Å². The molecule has 0 heterocycles. The zero-order chi connectivity index (χ0) is 15.9. The Bertz CT molecular complexity index is 618. The molecule has 2 aromatic carbocycles. The molecule has 3 heteroatoms. The molecule has 0 saturated heterocycles. The number of carbonyl (C=O) groups excluding carboxylic acids is 1. The summed E-state index contributed by atoms with van der Waals surface area (Å²) in [5.74, 6) is 1.34. The van der Waals surface area contributed by atoms with Crippen LogP contribution >= 0.6 is 0 Å². The molecule has 0 atom stereocenters. The van der Waals surface area contributed by atoms with Crippen LogP contribution in [-0.2, 0) is 11.2 Å². The van der Waals surface area contributed by atoms with E-state index < -0.39 is 0 Å². The van der Waals surface area contributed by atoms with Gasteiger partial charge in [0, 0.05) is 12.1 Å². The van der Waals surface area contributed by atoms with Gasteiger partial charge in [0.1, 0.15) is 5.75 Å². The number of benzene rings is 2. The second-order valence-corrected chi connectivity index (χ2v) is 5.64. The number of ether oxygens (including phenoxy) is 1. The van der Waals surface area contributed by atoms with E-state index in [-0.39, 0.29) is 5.91 Å². The molecule has 116 valence electrons. The van der Waals surface area contributed by atoms with Crippen LogP contribution in [0.15, 0.2) is 48.5 Å². The van der Waals surface area contributed by atoms with Crippen LogP contribution in [0.3, 0.4) is 0 Å². The SMILES string of the molecule is COc1ccccc1CCC(=O)Nc1ccc(C(C)C)cc1. The maximum Gasteiger partial charge on any atom is 0.224 e. The standard InChI is InChI=1S/C19H23NO2/c1-14(2)15-8-11-17(12-9-15)20-19(21)13-10-16-6-4-5-7-18(16)22-3/h4-9,11-12,14H,10,13H2,1-3H3,(H,20,21). The van der Waals surface area contributed by atoms with Gasteiger partial charge in [0.2, 0.25) is 5.91 Å². The first-order valence-corrected chi connectivity index (χ1v) is 7.62. The maximum atomic E-state index is 12.1.